The van der Waals surface area contributed by atoms with Crippen LogP contribution in [0.15, 0.2) is 46.0 Å². The van der Waals surface area contributed by atoms with Gasteiger partial charge in [0, 0.05) is 20.6 Å². The van der Waals surface area contributed by atoms with E-state index in [0.29, 0.717) is 5.56 Å². The summed E-state index contributed by atoms with van der Waals surface area (Å²) in [5.74, 6) is -0.817. The second kappa shape index (κ2) is 9.12. The van der Waals surface area contributed by atoms with Gasteiger partial charge in [-0.2, -0.15) is 13.2 Å². The second-order valence-electron chi connectivity index (χ2n) is 6.80. The Morgan fingerprint density at radius 2 is 1.97 bits per heavy atom. The minimum atomic E-state index is -4.43. The number of ether oxygens (including phenoxy) is 1. The number of hydrogen-bond acceptors (Lipinski definition) is 7. The van der Waals surface area contributed by atoms with Crippen molar-refractivity contribution in [1.82, 2.24) is 14.7 Å². The van der Waals surface area contributed by atoms with Crippen molar-refractivity contribution in [3.8, 4) is 5.75 Å². The largest absolute Gasteiger partial charge is 0.486 e. The molecule has 1 N–H and O–H groups in total. The number of rotatable bonds is 7. The maximum Gasteiger partial charge on any atom is 0.416 e. The Kier molecular flexibility index (Phi) is 6.51. The maximum absolute atomic E-state index is 12.9. The molecule has 2 aromatic heterocycles. The van der Waals surface area contributed by atoms with E-state index in [1.165, 1.54) is 41.1 Å². The summed E-state index contributed by atoms with van der Waals surface area (Å²) < 4.78 is 49.6. The van der Waals surface area contributed by atoms with E-state index in [2.05, 4.69) is 20.0 Å². The number of aromatic nitrogens is 3. The molecule has 0 saturated carbocycles. The van der Waals surface area contributed by atoms with Crippen LogP contribution in [0, 0.1) is 0 Å². The third-order valence-corrected chi connectivity index (χ3v) is 4.46. The van der Waals surface area contributed by atoms with Crippen molar-refractivity contribution in [2.24, 2.45) is 7.05 Å². The van der Waals surface area contributed by atoms with Crippen LogP contribution in [0.25, 0.3) is 0 Å². The molecule has 0 aliphatic carbocycles. The second-order valence-corrected chi connectivity index (χ2v) is 6.80. The predicted molar refractivity (Wildman–Crippen MR) is 109 cm³/mol. The summed E-state index contributed by atoms with van der Waals surface area (Å²) in [6, 6.07) is 4.63. The molecule has 1 amide bonds. The minimum absolute atomic E-state index is 0.119. The van der Waals surface area contributed by atoms with Gasteiger partial charge in [-0.1, -0.05) is 17.3 Å². The zero-order chi connectivity index (χ0) is 23.5. The van der Waals surface area contributed by atoms with E-state index < -0.39 is 23.2 Å². The molecule has 1 aromatic carbocycles. The van der Waals surface area contributed by atoms with Gasteiger partial charge in [-0.05, 0) is 24.6 Å². The van der Waals surface area contributed by atoms with Crippen molar-refractivity contribution >= 4 is 17.5 Å². The lowest BCUT2D eigenvalue weighted by Crippen LogP contribution is -2.32. The van der Waals surface area contributed by atoms with E-state index in [-0.39, 0.29) is 36.2 Å². The molecule has 9 nitrogen and oxygen atoms in total. The van der Waals surface area contributed by atoms with E-state index in [1.807, 2.05) is 0 Å². The van der Waals surface area contributed by atoms with Crippen molar-refractivity contribution < 1.29 is 27.2 Å². The normalized spacial score (nSPS) is 11.3. The fourth-order valence-electron chi connectivity index (χ4n) is 2.94. The highest BCUT2D eigenvalue weighted by atomic mass is 19.4. The molecular formula is C20H20F3N5O4. The number of halogens is 3. The van der Waals surface area contributed by atoms with Crippen LogP contribution in [0.4, 0.5) is 24.8 Å². The number of nitrogens with zero attached hydrogens (tertiary/aromatic N) is 4. The van der Waals surface area contributed by atoms with Gasteiger partial charge in [0.15, 0.2) is 5.69 Å². The highest BCUT2D eigenvalue weighted by Crippen LogP contribution is 2.29. The highest BCUT2D eigenvalue weighted by Gasteiger charge is 2.30. The van der Waals surface area contributed by atoms with Crippen LogP contribution < -0.4 is 20.5 Å². The molecule has 0 spiro atoms. The fraction of sp³-hybridized carbons (Fsp3) is 0.300. The fourth-order valence-corrected chi connectivity index (χ4v) is 2.94. The van der Waals surface area contributed by atoms with Crippen molar-refractivity contribution in [3.05, 3.63) is 63.9 Å². The molecule has 0 aliphatic rings. The molecule has 32 heavy (non-hydrogen) atoms. The molecule has 0 aliphatic heterocycles. The number of alkyl halides is 3. The predicted octanol–water partition coefficient (Wildman–Crippen LogP) is 3.07. The van der Waals surface area contributed by atoms with E-state index >= 15 is 0 Å². The number of benzene rings is 1. The van der Waals surface area contributed by atoms with Crippen molar-refractivity contribution in [1.29, 1.82) is 0 Å². The molecule has 0 bridgehead atoms. The SMILES string of the molecule is CCOc1c(C(=O)Nc2cnoc2)nc(N(C)Cc2ccc(C(F)(F)F)cc2)n(C)c1=O. The molecule has 170 valence electrons. The van der Waals surface area contributed by atoms with Crippen LogP contribution in [0.1, 0.15) is 28.5 Å². The molecule has 12 heteroatoms. The van der Waals surface area contributed by atoms with E-state index in [9.17, 15) is 22.8 Å². The lowest BCUT2D eigenvalue weighted by atomic mass is 10.1. The first-order valence-corrected chi connectivity index (χ1v) is 9.43. The average molecular weight is 451 g/mol. The summed E-state index contributed by atoms with van der Waals surface area (Å²) in [6.45, 7) is 1.93. The third-order valence-electron chi connectivity index (χ3n) is 4.46. The third kappa shape index (κ3) is 4.90. The Bertz CT molecular complexity index is 1140. The molecule has 0 unspecified atom stereocenters. The van der Waals surface area contributed by atoms with Gasteiger partial charge < -0.3 is 19.5 Å². The molecular weight excluding hydrogens is 431 g/mol. The molecule has 2 heterocycles. The van der Waals surface area contributed by atoms with Gasteiger partial charge in [0.1, 0.15) is 12.0 Å². The van der Waals surface area contributed by atoms with E-state index in [4.69, 9.17) is 4.74 Å². The van der Waals surface area contributed by atoms with Gasteiger partial charge in [-0.3, -0.25) is 14.2 Å². The number of nitrogens with one attached hydrogen (secondary N) is 1. The quantitative estimate of drug-likeness (QED) is 0.589. The summed E-state index contributed by atoms with van der Waals surface area (Å²) >= 11 is 0. The highest BCUT2D eigenvalue weighted by molar-refractivity contribution is 6.04. The Hall–Kier alpha value is -3.83. The standard InChI is InChI=1S/C20H20F3N5O4/c1-4-31-16-15(17(29)25-14-9-24-32-11-14)26-19(28(3)18(16)30)27(2)10-12-5-7-13(8-6-12)20(21,22)23/h5-9,11H,4,10H2,1-3H3,(H,25,29). The summed E-state index contributed by atoms with van der Waals surface area (Å²) in [5.41, 5.74) is -0.779. The van der Waals surface area contributed by atoms with Crippen LogP contribution in [0.3, 0.4) is 0 Å². The number of carbonyl (C=O) groups is 1. The molecule has 3 aromatic rings. The molecule has 3 rings (SSSR count). The van der Waals surface area contributed by atoms with E-state index in [0.717, 1.165) is 12.1 Å². The smallest absolute Gasteiger partial charge is 0.416 e. The van der Waals surface area contributed by atoms with Crippen LogP contribution in [0.5, 0.6) is 5.75 Å². The lowest BCUT2D eigenvalue weighted by Gasteiger charge is -2.22. The van der Waals surface area contributed by atoms with Gasteiger partial charge in [0.25, 0.3) is 11.5 Å². The number of carbonyl (C=O) groups excluding carboxylic acids is 1. The summed E-state index contributed by atoms with van der Waals surface area (Å²) in [4.78, 5) is 31.4. The molecule has 0 fully saturated rings. The van der Waals surface area contributed by atoms with Crippen LogP contribution in [0.2, 0.25) is 0 Å². The average Bonchev–Trinajstić information content (AvgIpc) is 3.24. The summed E-state index contributed by atoms with van der Waals surface area (Å²) in [5, 5.41) is 6.00. The Labute approximate surface area is 180 Å². The lowest BCUT2D eigenvalue weighted by molar-refractivity contribution is -0.137. The Morgan fingerprint density at radius 1 is 1.28 bits per heavy atom. The maximum atomic E-state index is 12.9. The van der Waals surface area contributed by atoms with Gasteiger partial charge in [-0.25, -0.2) is 4.98 Å². The van der Waals surface area contributed by atoms with E-state index in [1.54, 1.807) is 14.0 Å². The zero-order valence-corrected chi connectivity index (χ0v) is 17.4. The van der Waals surface area contributed by atoms with Crippen LogP contribution in [-0.4, -0.2) is 34.3 Å². The first-order valence-electron chi connectivity index (χ1n) is 9.43. The van der Waals surface area contributed by atoms with Gasteiger partial charge in [0.05, 0.1) is 18.4 Å². The first-order chi connectivity index (χ1) is 15.1. The zero-order valence-electron chi connectivity index (χ0n) is 17.4. The van der Waals surface area contributed by atoms with Gasteiger partial charge in [-0.15, -0.1) is 0 Å². The van der Waals surface area contributed by atoms with Crippen molar-refractivity contribution in [2.75, 3.05) is 23.9 Å². The van der Waals surface area contributed by atoms with Crippen molar-refractivity contribution in [2.45, 2.75) is 19.6 Å². The number of anilines is 2. The molecule has 0 atom stereocenters. The van der Waals surface area contributed by atoms with Gasteiger partial charge in [0.2, 0.25) is 11.7 Å². The minimum Gasteiger partial charge on any atom is -0.486 e. The molecule has 0 saturated heterocycles. The number of amides is 1. The van der Waals surface area contributed by atoms with Crippen LogP contribution in [-0.2, 0) is 19.8 Å². The Balaban J connectivity index is 1.93. The Morgan fingerprint density at radius 3 is 2.53 bits per heavy atom. The first kappa shape index (κ1) is 22.8. The summed E-state index contributed by atoms with van der Waals surface area (Å²) in [7, 11) is 3.06. The topological polar surface area (TPSA) is 102 Å². The van der Waals surface area contributed by atoms with Crippen molar-refractivity contribution in [3.63, 3.8) is 0 Å². The number of hydrogen-bond donors (Lipinski definition) is 1. The molecule has 0 radical (unpaired) electrons. The van der Waals surface area contributed by atoms with Crippen LogP contribution >= 0.6 is 0 Å². The monoisotopic (exact) mass is 451 g/mol. The summed E-state index contributed by atoms with van der Waals surface area (Å²) in [6.07, 6.45) is -1.95. The van der Waals surface area contributed by atoms with Gasteiger partial charge >= 0.3 is 6.18 Å².